The van der Waals surface area contributed by atoms with Crippen LogP contribution in [0.25, 0.3) is 71.6 Å². The van der Waals surface area contributed by atoms with Crippen LogP contribution in [0.3, 0.4) is 0 Å². The average Bonchev–Trinajstić information content (AvgIpc) is 3.49. The molecule has 0 aliphatic heterocycles. The van der Waals surface area contributed by atoms with Crippen LogP contribution in [0.1, 0.15) is 0 Å². The molecule has 192 valence electrons. The maximum atomic E-state index is 4.96. The van der Waals surface area contributed by atoms with Gasteiger partial charge < -0.3 is 0 Å². The van der Waals surface area contributed by atoms with Crippen LogP contribution in [0.5, 0.6) is 0 Å². The van der Waals surface area contributed by atoms with Crippen LogP contribution in [-0.4, -0.2) is 20.0 Å². The molecule has 2 aromatic heterocycles. The molecule has 0 saturated carbocycles. The minimum atomic E-state index is 0.867. The molecule has 0 fully saturated rings. The zero-order valence-corrected chi connectivity index (χ0v) is 22.1. The second kappa shape index (κ2) is 9.54. The van der Waals surface area contributed by atoms with Crippen LogP contribution < -0.4 is 0 Å². The van der Waals surface area contributed by atoms with Gasteiger partial charge >= 0.3 is 0 Å². The number of benzene rings is 6. The van der Waals surface area contributed by atoms with Gasteiger partial charge in [-0.25, -0.2) is 0 Å². The van der Waals surface area contributed by atoms with E-state index >= 15 is 0 Å². The van der Waals surface area contributed by atoms with Gasteiger partial charge in [-0.1, -0.05) is 109 Å². The first kappa shape index (κ1) is 23.3. The molecule has 0 atom stereocenters. The molecule has 0 bridgehead atoms. The van der Waals surface area contributed by atoms with E-state index in [4.69, 9.17) is 10.2 Å². The molecule has 4 heteroatoms. The lowest BCUT2D eigenvalue weighted by Crippen LogP contribution is -1.98. The Bertz CT molecular complexity index is 2180. The molecule has 6 aromatic carbocycles. The summed E-state index contributed by atoms with van der Waals surface area (Å²) in [6, 6.07) is 46.7. The van der Waals surface area contributed by atoms with Crippen molar-refractivity contribution in [1.29, 1.82) is 0 Å². The van der Waals surface area contributed by atoms with Crippen LogP contribution in [0.2, 0.25) is 0 Å². The first-order chi connectivity index (χ1) is 20.3. The molecule has 0 radical (unpaired) electrons. The topological polar surface area (TPSA) is 43.6 Å². The molecule has 8 aromatic rings. The van der Waals surface area contributed by atoms with E-state index in [0.717, 1.165) is 44.2 Å². The smallest absolute Gasteiger partial charge is 0.121 e. The normalized spacial score (nSPS) is 11.4. The summed E-state index contributed by atoms with van der Waals surface area (Å²) in [5.41, 5.74) is 9.66. The fourth-order valence-corrected chi connectivity index (χ4v) is 5.81. The van der Waals surface area contributed by atoms with Gasteiger partial charge in [-0.3, -0.25) is 4.98 Å². The van der Waals surface area contributed by atoms with Gasteiger partial charge in [0.05, 0.1) is 5.69 Å². The molecule has 0 aliphatic rings. The summed E-state index contributed by atoms with van der Waals surface area (Å²) in [5, 5.41) is 14.6. The summed E-state index contributed by atoms with van der Waals surface area (Å²) in [6.07, 6.45) is 3.66. The van der Waals surface area contributed by atoms with Gasteiger partial charge in [0.2, 0.25) is 0 Å². The molecular formula is C37H24N4. The number of fused-ring (bicyclic) bond motifs is 4. The van der Waals surface area contributed by atoms with Crippen molar-refractivity contribution in [2.45, 2.75) is 0 Å². The Morgan fingerprint density at radius 2 is 1.07 bits per heavy atom. The zero-order valence-electron chi connectivity index (χ0n) is 22.1. The SMILES string of the molecule is c1ccc(-c2ccc(-c3cc4nn(-c5ccc(-c6cccnc6)cc5)nc4c4ccccc34)c3ccccc23)cc1. The third-order valence-electron chi connectivity index (χ3n) is 7.79. The van der Waals surface area contributed by atoms with Crippen molar-refractivity contribution in [3.8, 4) is 39.1 Å². The molecule has 4 nitrogen and oxygen atoms in total. The molecule has 0 unspecified atom stereocenters. The van der Waals surface area contributed by atoms with Crippen LogP contribution in [-0.2, 0) is 0 Å². The molecule has 0 saturated heterocycles. The highest BCUT2D eigenvalue weighted by Gasteiger charge is 2.16. The Labute approximate surface area is 237 Å². The van der Waals surface area contributed by atoms with E-state index in [-0.39, 0.29) is 0 Å². The quantitative estimate of drug-likeness (QED) is 0.231. The van der Waals surface area contributed by atoms with E-state index in [9.17, 15) is 0 Å². The van der Waals surface area contributed by atoms with Crippen molar-refractivity contribution in [3.05, 3.63) is 146 Å². The van der Waals surface area contributed by atoms with E-state index in [1.54, 1.807) is 11.0 Å². The van der Waals surface area contributed by atoms with Crippen LogP contribution >= 0.6 is 0 Å². The summed E-state index contributed by atoms with van der Waals surface area (Å²) in [5.74, 6) is 0. The lowest BCUT2D eigenvalue weighted by atomic mass is 9.90. The van der Waals surface area contributed by atoms with E-state index in [0.29, 0.717) is 0 Å². The van der Waals surface area contributed by atoms with E-state index in [1.807, 2.05) is 12.3 Å². The molecule has 0 amide bonds. The van der Waals surface area contributed by atoms with E-state index in [1.165, 1.54) is 27.5 Å². The number of rotatable bonds is 4. The van der Waals surface area contributed by atoms with Crippen LogP contribution in [0, 0.1) is 0 Å². The Kier molecular flexibility index (Phi) is 5.42. The fraction of sp³-hybridized carbons (Fsp3) is 0. The second-order valence-corrected chi connectivity index (χ2v) is 10.2. The largest absolute Gasteiger partial charge is 0.264 e. The van der Waals surface area contributed by atoms with Crippen molar-refractivity contribution in [2.24, 2.45) is 0 Å². The summed E-state index contributed by atoms with van der Waals surface area (Å²) >= 11 is 0. The van der Waals surface area contributed by atoms with E-state index < -0.39 is 0 Å². The van der Waals surface area contributed by atoms with Crippen molar-refractivity contribution < 1.29 is 0 Å². The molecule has 41 heavy (non-hydrogen) atoms. The minimum absolute atomic E-state index is 0.867. The number of hydrogen-bond acceptors (Lipinski definition) is 3. The molecular weight excluding hydrogens is 500 g/mol. The van der Waals surface area contributed by atoms with Crippen LogP contribution in [0.4, 0.5) is 0 Å². The van der Waals surface area contributed by atoms with Crippen molar-refractivity contribution in [1.82, 2.24) is 20.0 Å². The zero-order chi connectivity index (χ0) is 27.2. The molecule has 8 rings (SSSR count). The first-order valence-electron chi connectivity index (χ1n) is 13.7. The molecule has 0 aliphatic carbocycles. The second-order valence-electron chi connectivity index (χ2n) is 10.2. The summed E-state index contributed by atoms with van der Waals surface area (Å²) in [7, 11) is 0. The number of pyridine rings is 1. The van der Waals surface area contributed by atoms with Crippen molar-refractivity contribution >= 4 is 32.6 Å². The van der Waals surface area contributed by atoms with Crippen LogP contribution in [0.15, 0.2) is 146 Å². The predicted molar refractivity (Wildman–Crippen MR) is 168 cm³/mol. The third kappa shape index (κ3) is 3.97. The predicted octanol–water partition coefficient (Wildman–Crippen LogP) is 9.12. The lowest BCUT2D eigenvalue weighted by molar-refractivity contribution is 0.766. The summed E-state index contributed by atoms with van der Waals surface area (Å²) in [4.78, 5) is 5.98. The number of hydrogen-bond donors (Lipinski definition) is 0. The number of nitrogens with zero attached hydrogens (tertiary/aromatic N) is 4. The van der Waals surface area contributed by atoms with Crippen molar-refractivity contribution in [2.75, 3.05) is 0 Å². The Morgan fingerprint density at radius 1 is 0.439 bits per heavy atom. The highest BCUT2D eigenvalue weighted by Crippen LogP contribution is 2.40. The highest BCUT2D eigenvalue weighted by molar-refractivity contribution is 6.15. The van der Waals surface area contributed by atoms with Gasteiger partial charge in [-0.2, -0.15) is 4.80 Å². The van der Waals surface area contributed by atoms with Gasteiger partial charge in [0.15, 0.2) is 0 Å². The monoisotopic (exact) mass is 524 g/mol. The van der Waals surface area contributed by atoms with Gasteiger partial charge in [0, 0.05) is 17.8 Å². The standard InChI is InChI=1S/C37H24N4/c1-2-9-26(10-3-1)29-20-21-33(31-13-5-4-12-30(29)31)35-23-36-37(34-15-7-6-14-32(34)35)40-41(39-36)28-18-16-25(17-19-28)27-11-8-22-38-24-27/h1-24H. The lowest BCUT2D eigenvalue weighted by Gasteiger charge is -2.14. The van der Waals surface area contributed by atoms with Gasteiger partial charge in [-0.05, 0) is 73.8 Å². The number of aromatic nitrogens is 4. The van der Waals surface area contributed by atoms with Crippen molar-refractivity contribution in [3.63, 3.8) is 0 Å². The minimum Gasteiger partial charge on any atom is -0.264 e. The highest BCUT2D eigenvalue weighted by atomic mass is 15.5. The van der Waals surface area contributed by atoms with Gasteiger partial charge in [0.25, 0.3) is 0 Å². The average molecular weight is 525 g/mol. The maximum Gasteiger partial charge on any atom is 0.121 e. The Morgan fingerprint density at radius 3 is 1.80 bits per heavy atom. The maximum absolute atomic E-state index is 4.96. The Hall–Kier alpha value is -5.61. The Balaban J connectivity index is 1.30. The molecule has 2 heterocycles. The van der Waals surface area contributed by atoms with Gasteiger partial charge in [-0.15, -0.1) is 10.2 Å². The summed E-state index contributed by atoms with van der Waals surface area (Å²) in [6.45, 7) is 0. The summed E-state index contributed by atoms with van der Waals surface area (Å²) < 4.78 is 0. The fourth-order valence-electron chi connectivity index (χ4n) is 5.81. The third-order valence-corrected chi connectivity index (χ3v) is 7.79. The van der Waals surface area contributed by atoms with E-state index in [2.05, 4.69) is 132 Å². The first-order valence-corrected chi connectivity index (χ1v) is 13.7. The van der Waals surface area contributed by atoms with Gasteiger partial charge in [0.1, 0.15) is 11.0 Å². The molecule has 0 N–H and O–H groups in total. The molecule has 0 spiro atoms.